The van der Waals surface area contributed by atoms with Crippen molar-refractivity contribution in [3.63, 3.8) is 0 Å². The molecule has 0 aromatic heterocycles. The van der Waals surface area contributed by atoms with Gasteiger partial charge in [-0.3, -0.25) is 4.79 Å². The van der Waals surface area contributed by atoms with E-state index < -0.39 is 5.41 Å². The van der Waals surface area contributed by atoms with Crippen LogP contribution >= 0.6 is 23.2 Å². The number of benzene rings is 2. The van der Waals surface area contributed by atoms with E-state index in [2.05, 4.69) is 10.6 Å². The molecule has 152 valence electrons. The lowest BCUT2D eigenvalue weighted by Gasteiger charge is -2.08. The van der Waals surface area contributed by atoms with Gasteiger partial charge in [0, 0.05) is 28.5 Å². The van der Waals surface area contributed by atoms with Crippen LogP contribution in [0.5, 0.6) is 0 Å². The number of carbonyl (C=O) groups excluding carboxylic acids is 2. The van der Waals surface area contributed by atoms with E-state index in [9.17, 15) is 14.0 Å². The number of carbonyl (C=O) groups is 2. The Morgan fingerprint density at radius 2 is 1.57 bits per heavy atom. The van der Waals surface area contributed by atoms with E-state index in [0.717, 1.165) is 11.3 Å². The summed E-state index contributed by atoms with van der Waals surface area (Å²) < 4.78 is 12.6. The Kier molecular flexibility index (Phi) is 9.42. The normalized spacial score (nSPS) is 13.1. The molecule has 1 aliphatic carbocycles. The minimum absolute atomic E-state index is 0.302. The molecule has 0 radical (unpaired) electrons. The molecule has 2 aromatic carbocycles. The van der Waals surface area contributed by atoms with Crippen LogP contribution in [-0.4, -0.2) is 19.2 Å². The van der Waals surface area contributed by atoms with Crippen molar-refractivity contribution in [3.05, 3.63) is 57.8 Å². The molecule has 1 fully saturated rings. The monoisotopic (exact) mass is 426 g/mol. The lowest BCUT2D eigenvalue weighted by molar-refractivity contribution is -0.126. The van der Waals surface area contributed by atoms with Gasteiger partial charge in [-0.05, 0) is 61.7 Å². The largest absolute Gasteiger partial charge is 0.388 e. The third-order valence-corrected chi connectivity index (χ3v) is 4.92. The van der Waals surface area contributed by atoms with Crippen LogP contribution in [0.3, 0.4) is 0 Å². The van der Waals surface area contributed by atoms with Gasteiger partial charge < -0.3 is 15.4 Å². The van der Waals surface area contributed by atoms with Gasteiger partial charge in [0.25, 0.3) is 0 Å². The Labute approximate surface area is 175 Å². The van der Waals surface area contributed by atoms with Crippen LogP contribution in [0.2, 0.25) is 10.0 Å². The number of hydrogen-bond acceptors (Lipinski definition) is 3. The molecule has 2 N–H and O–H groups in total. The van der Waals surface area contributed by atoms with Crippen molar-refractivity contribution in [1.82, 2.24) is 0 Å². The first kappa shape index (κ1) is 23.9. The molecule has 4 nitrogen and oxygen atoms in total. The first-order valence-corrected chi connectivity index (χ1v) is 9.73. The van der Waals surface area contributed by atoms with Crippen molar-refractivity contribution in [1.29, 1.82) is 0 Å². The zero-order chi connectivity index (χ0) is 21.3. The average molecular weight is 427 g/mol. The molecule has 0 bridgehead atoms. The van der Waals surface area contributed by atoms with E-state index in [1.807, 2.05) is 40.0 Å². The van der Waals surface area contributed by atoms with Gasteiger partial charge in [-0.25, -0.2) is 4.39 Å². The second-order valence-electron chi connectivity index (χ2n) is 6.05. The molecule has 0 aliphatic heterocycles. The van der Waals surface area contributed by atoms with Crippen LogP contribution < -0.4 is 10.6 Å². The van der Waals surface area contributed by atoms with Crippen LogP contribution in [0.15, 0.2) is 36.4 Å². The fourth-order valence-electron chi connectivity index (χ4n) is 2.11. The Bertz CT molecular complexity index is 784. The lowest BCUT2D eigenvalue weighted by atomic mass is 10.1. The van der Waals surface area contributed by atoms with E-state index in [0.29, 0.717) is 34.9 Å². The molecule has 2 aromatic rings. The standard InChI is InChI=1S/C11H10FNO2.C8H9Cl2N.C2H6/c12-8-1-3-9(4-2-8)13-10(15)11(7-14)5-6-11;1-5-7(9)3-6(11-2)4-8(5)10;1-2/h1-4,7H,5-6H2,(H,13,15);3-4,11H,1-2H3;1-2H3. The summed E-state index contributed by atoms with van der Waals surface area (Å²) in [5.41, 5.74) is 1.54. The smallest absolute Gasteiger partial charge is 0.237 e. The number of halogens is 3. The molecule has 0 spiro atoms. The first-order chi connectivity index (χ1) is 13.3. The SMILES string of the molecule is CC.CNc1cc(Cl)c(C)c(Cl)c1.O=CC1(C(=O)Nc2ccc(F)cc2)CC1. The molecule has 1 aliphatic rings. The van der Waals surface area contributed by atoms with Crippen LogP contribution in [0, 0.1) is 18.2 Å². The predicted octanol–water partition coefficient (Wildman–Crippen LogP) is 6.11. The van der Waals surface area contributed by atoms with Crippen LogP contribution in [0.1, 0.15) is 32.3 Å². The van der Waals surface area contributed by atoms with E-state index in [4.69, 9.17) is 23.2 Å². The van der Waals surface area contributed by atoms with Crippen molar-refractivity contribution in [2.75, 3.05) is 17.7 Å². The highest BCUT2D eigenvalue weighted by Gasteiger charge is 2.49. The van der Waals surface area contributed by atoms with Gasteiger partial charge in [-0.1, -0.05) is 37.0 Å². The molecule has 3 rings (SSSR count). The summed E-state index contributed by atoms with van der Waals surface area (Å²) in [6, 6.07) is 9.15. The summed E-state index contributed by atoms with van der Waals surface area (Å²) in [6.07, 6.45) is 1.89. The van der Waals surface area contributed by atoms with Gasteiger partial charge in [0.05, 0.1) is 0 Å². The lowest BCUT2D eigenvalue weighted by Crippen LogP contribution is -2.25. The topological polar surface area (TPSA) is 58.2 Å². The van der Waals surface area contributed by atoms with E-state index in [1.165, 1.54) is 24.3 Å². The molecule has 0 heterocycles. The van der Waals surface area contributed by atoms with Gasteiger partial charge in [0.1, 0.15) is 17.5 Å². The zero-order valence-corrected chi connectivity index (χ0v) is 17.9. The number of aldehydes is 1. The summed E-state index contributed by atoms with van der Waals surface area (Å²) in [6.45, 7) is 5.89. The number of anilines is 2. The van der Waals surface area contributed by atoms with E-state index >= 15 is 0 Å². The number of amides is 1. The van der Waals surface area contributed by atoms with Crippen molar-refractivity contribution in [2.45, 2.75) is 33.6 Å². The number of hydrogen-bond donors (Lipinski definition) is 2. The third-order valence-electron chi connectivity index (χ3n) is 4.14. The minimum atomic E-state index is -0.825. The fraction of sp³-hybridized carbons (Fsp3) is 0.333. The number of rotatable bonds is 4. The molecule has 1 amide bonds. The Balaban J connectivity index is 0.000000268. The van der Waals surface area contributed by atoms with Crippen LogP contribution in [0.4, 0.5) is 15.8 Å². The minimum Gasteiger partial charge on any atom is -0.388 e. The van der Waals surface area contributed by atoms with Crippen molar-refractivity contribution < 1.29 is 14.0 Å². The molecular weight excluding hydrogens is 402 g/mol. The molecule has 0 unspecified atom stereocenters. The Hall–Kier alpha value is -2.11. The van der Waals surface area contributed by atoms with Gasteiger partial charge in [0.15, 0.2) is 0 Å². The zero-order valence-electron chi connectivity index (χ0n) is 16.4. The highest BCUT2D eigenvalue weighted by molar-refractivity contribution is 6.36. The molecular formula is C21H25Cl2FN2O2. The van der Waals surface area contributed by atoms with Crippen molar-refractivity contribution in [3.8, 4) is 0 Å². The fourth-order valence-corrected chi connectivity index (χ4v) is 2.60. The van der Waals surface area contributed by atoms with Gasteiger partial charge in [-0.2, -0.15) is 0 Å². The van der Waals surface area contributed by atoms with Gasteiger partial charge in [-0.15, -0.1) is 0 Å². The van der Waals surface area contributed by atoms with Crippen molar-refractivity contribution in [2.24, 2.45) is 5.41 Å². The van der Waals surface area contributed by atoms with E-state index in [-0.39, 0.29) is 11.7 Å². The highest BCUT2D eigenvalue weighted by Crippen LogP contribution is 2.44. The van der Waals surface area contributed by atoms with Crippen LogP contribution in [0.25, 0.3) is 0 Å². The maximum absolute atomic E-state index is 12.6. The van der Waals surface area contributed by atoms with Gasteiger partial charge >= 0.3 is 0 Å². The predicted molar refractivity (Wildman–Crippen MR) is 115 cm³/mol. The summed E-state index contributed by atoms with van der Waals surface area (Å²) in [5.74, 6) is -0.659. The summed E-state index contributed by atoms with van der Waals surface area (Å²) in [4.78, 5) is 22.2. The first-order valence-electron chi connectivity index (χ1n) is 8.98. The Morgan fingerprint density at radius 1 is 1.07 bits per heavy atom. The summed E-state index contributed by atoms with van der Waals surface area (Å²) >= 11 is 11.7. The third kappa shape index (κ3) is 6.50. The summed E-state index contributed by atoms with van der Waals surface area (Å²) in [5, 5.41) is 6.95. The Morgan fingerprint density at radius 3 is 1.96 bits per heavy atom. The quantitative estimate of drug-likeness (QED) is 0.457. The number of nitrogens with one attached hydrogen (secondary N) is 2. The molecule has 0 atom stereocenters. The van der Waals surface area contributed by atoms with Crippen molar-refractivity contribution >= 4 is 46.8 Å². The highest BCUT2D eigenvalue weighted by atomic mass is 35.5. The van der Waals surface area contributed by atoms with E-state index in [1.54, 1.807) is 0 Å². The van der Waals surface area contributed by atoms with Crippen LogP contribution in [-0.2, 0) is 9.59 Å². The molecule has 7 heteroatoms. The average Bonchev–Trinajstić information content (AvgIpc) is 3.51. The molecule has 1 saturated carbocycles. The molecule has 0 saturated heterocycles. The maximum atomic E-state index is 12.6. The maximum Gasteiger partial charge on any atom is 0.237 e. The molecule has 28 heavy (non-hydrogen) atoms. The second-order valence-corrected chi connectivity index (χ2v) is 6.86. The summed E-state index contributed by atoms with van der Waals surface area (Å²) in [7, 11) is 1.83. The second kappa shape index (κ2) is 11.0. The van der Waals surface area contributed by atoms with Gasteiger partial charge in [0.2, 0.25) is 5.91 Å².